The highest BCUT2D eigenvalue weighted by Gasteiger charge is 2.06. The van der Waals surface area contributed by atoms with Gasteiger partial charge in [-0.2, -0.15) is 0 Å². The lowest BCUT2D eigenvalue weighted by atomic mass is 9.96. The smallest absolute Gasteiger partial charge is 0.0452 e. The van der Waals surface area contributed by atoms with E-state index in [0.29, 0.717) is 10.9 Å². The summed E-state index contributed by atoms with van der Waals surface area (Å²) in [6.07, 6.45) is 4.89. The Labute approximate surface area is 103 Å². The van der Waals surface area contributed by atoms with Crippen molar-refractivity contribution in [2.24, 2.45) is 5.92 Å². The second-order valence-corrected chi connectivity index (χ2v) is 5.03. The third-order valence-electron chi connectivity index (χ3n) is 2.63. The quantitative estimate of drug-likeness (QED) is 0.654. The number of hydrogen-bond acceptors (Lipinski definition) is 0. The number of rotatable bonds is 5. The number of hydrogen-bond donors (Lipinski definition) is 0. The summed E-state index contributed by atoms with van der Waals surface area (Å²) >= 11 is 12.0. The van der Waals surface area contributed by atoms with E-state index in [4.69, 9.17) is 23.2 Å². The van der Waals surface area contributed by atoms with Gasteiger partial charge in [0, 0.05) is 10.0 Å². The van der Waals surface area contributed by atoms with E-state index in [1.807, 2.05) is 18.2 Å². The molecule has 0 aliphatic carbocycles. The van der Waals surface area contributed by atoms with Crippen molar-refractivity contribution in [3.8, 4) is 0 Å². The van der Waals surface area contributed by atoms with Crippen LogP contribution in [0.5, 0.6) is 0 Å². The molecule has 0 aromatic heterocycles. The van der Waals surface area contributed by atoms with Crippen LogP contribution < -0.4 is 0 Å². The van der Waals surface area contributed by atoms with E-state index in [-0.39, 0.29) is 0 Å². The summed E-state index contributed by atoms with van der Waals surface area (Å²) < 4.78 is 0. The summed E-state index contributed by atoms with van der Waals surface area (Å²) in [7, 11) is 0. The van der Waals surface area contributed by atoms with Crippen LogP contribution >= 0.6 is 23.2 Å². The average molecular weight is 245 g/mol. The summed E-state index contributed by atoms with van der Waals surface area (Å²) in [6.45, 7) is 4.50. The highest BCUT2D eigenvalue weighted by atomic mass is 35.5. The molecule has 0 saturated carbocycles. The van der Waals surface area contributed by atoms with Crippen LogP contribution in [0.4, 0.5) is 0 Å². The average Bonchev–Trinajstić information content (AvgIpc) is 2.19. The van der Waals surface area contributed by atoms with Crippen LogP contribution in [0.15, 0.2) is 18.2 Å². The van der Waals surface area contributed by atoms with Crippen LogP contribution in [0, 0.1) is 5.92 Å². The molecule has 0 nitrogen and oxygen atoms in total. The molecule has 1 rings (SSSR count). The molecular weight excluding hydrogens is 227 g/mol. The van der Waals surface area contributed by atoms with E-state index < -0.39 is 0 Å². The van der Waals surface area contributed by atoms with Gasteiger partial charge < -0.3 is 0 Å². The summed E-state index contributed by atoms with van der Waals surface area (Å²) in [5.74, 6) is 0.698. The van der Waals surface area contributed by atoms with E-state index in [9.17, 15) is 0 Å². The second-order valence-electron chi connectivity index (χ2n) is 4.19. The lowest BCUT2D eigenvalue weighted by Gasteiger charge is -2.12. The molecule has 0 amide bonds. The second kappa shape index (κ2) is 6.40. The normalized spacial score (nSPS) is 12.8. The van der Waals surface area contributed by atoms with Crippen molar-refractivity contribution >= 4 is 23.2 Å². The summed E-state index contributed by atoms with van der Waals surface area (Å²) in [6, 6.07) is 5.77. The maximum absolute atomic E-state index is 6.12. The maximum Gasteiger partial charge on any atom is 0.0452 e. The summed E-state index contributed by atoms with van der Waals surface area (Å²) in [4.78, 5) is 0. The largest absolute Gasteiger partial charge is 0.0843 e. The fraction of sp³-hybridized carbons (Fsp3) is 0.538. The molecule has 1 atom stereocenters. The zero-order valence-electron chi connectivity index (χ0n) is 9.39. The Hall–Kier alpha value is -0.200. The van der Waals surface area contributed by atoms with E-state index in [1.54, 1.807) is 0 Å². The maximum atomic E-state index is 6.12. The fourth-order valence-corrected chi connectivity index (χ4v) is 2.20. The van der Waals surface area contributed by atoms with Crippen LogP contribution in [0.2, 0.25) is 10.0 Å². The van der Waals surface area contributed by atoms with Crippen LogP contribution in [-0.2, 0) is 6.42 Å². The first-order chi connectivity index (χ1) is 7.13. The van der Waals surface area contributed by atoms with E-state index >= 15 is 0 Å². The lowest BCUT2D eigenvalue weighted by Crippen LogP contribution is -2.00. The van der Waals surface area contributed by atoms with Gasteiger partial charge >= 0.3 is 0 Å². The van der Waals surface area contributed by atoms with Gasteiger partial charge in [-0.3, -0.25) is 0 Å². The summed E-state index contributed by atoms with van der Waals surface area (Å²) in [5, 5.41) is 1.51. The third-order valence-corrected chi connectivity index (χ3v) is 3.22. The molecule has 0 spiro atoms. The standard InChI is InChI=1S/C13H18Cl2/c1-3-4-5-10(2)8-11-6-7-12(14)9-13(11)15/h6-7,9-10H,3-5,8H2,1-2H3. The van der Waals surface area contributed by atoms with Crippen LogP contribution in [0.25, 0.3) is 0 Å². The molecule has 1 aromatic carbocycles. The Morgan fingerprint density at radius 3 is 2.60 bits per heavy atom. The predicted octanol–water partition coefficient (Wildman–Crippen LogP) is 5.36. The molecule has 1 aromatic rings. The molecule has 0 fully saturated rings. The number of halogens is 2. The molecule has 0 bridgehead atoms. The first-order valence-corrected chi connectivity index (χ1v) is 6.33. The predicted molar refractivity (Wildman–Crippen MR) is 68.9 cm³/mol. The van der Waals surface area contributed by atoms with Gasteiger partial charge in [-0.1, -0.05) is 62.4 Å². The van der Waals surface area contributed by atoms with E-state index in [2.05, 4.69) is 13.8 Å². The Morgan fingerprint density at radius 1 is 1.27 bits per heavy atom. The van der Waals surface area contributed by atoms with Crippen LogP contribution in [0.1, 0.15) is 38.7 Å². The van der Waals surface area contributed by atoms with Gasteiger partial charge in [0.1, 0.15) is 0 Å². The molecule has 2 heteroatoms. The SMILES string of the molecule is CCCCC(C)Cc1ccc(Cl)cc1Cl. The highest BCUT2D eigenvalue weighted by molar-refractivity contribution is 6.35. The topological polar surface area (TPSA) is 0 Å². The third kappa shape index (κ3) is 4.44. The lowest BCUT2D eigenvalue weighted by molar-refractivity contribution is 0.504. The minimum Gasteiger partial charge on any atom is -0.0843 e. The van der Waals surface area contributed by atoms with Crippen molar-refractivity contribution in [1.29, 1.82) is 0 Å². The Bertz CT molecular complexity index is 307. The van der Waals surface area contributed by atoms with Crippen molar-refractivity contribution in [3.05, 3.63) is 33.8 Å². The first-order valence-electron chi connectivity index (χ1n) is 5.57. The van der Waals surface area contributed by atoms with Gasteiger partial charge in [-0.25, -0.2) is 0 Å². The first kappa shape index (κ1) is 12.9. The van der Waals surface area contributed by atoms with Crippen molar-refractivity contribution in [2.75, 3.05) is 0 Å². The van der Waals surface area contributed by atoms with Crippen molar-refractivity contribution in [2.45, 2.75) is 39.5 Å². The van der Waals surface area contributed by atoms with Crippen molar-refractivity contribution < 1.29 is 0 Å². The van der Waals surface area contributed by atoms with Gasteiger partial charge in [-0.05, 0) is 30.0 Å². The van der Waals surface area contributed by atoms with Gasteiger partial charge in [0.15, 0.2) is 0 Å². The van der Waals surface area contributed by atoms with Gasteiger partial charge in [-0.15, -0.1) is 0 Å². The molecule has 0 N–H and O–H groups in total. The molecule has 0 radical (unpaired) electrons. The van der Waals surface area contributed by atoms with Crippen molar-refractivity contribution in [1.82, 2.24) is 0 Å². The summed E-state index contributed by atoms with van der Waals surface area (Å²) in [5.41, 5.74) is 1.21. The fourth-order valence-electron chi connectivity index (χ4n) is 1.72. The zero-order valence-corrected chi connectivity index (χ0v) is 10.9. The molecule has 0 aliphatic heterocycles. The molecule has 1 unspecified atom stereocenters. The molecule has 0 aliphatic rings. The number of unbranched alkanes of at least 4 members (excludes halogenated alkanes) is 1. The molecule has 15 heavy (non-hydrogen) atoms. The van der Waals surface area contributed by atoms with E-state index in [1.165, 1.54) is 24.8 Å². The van der Waals surface area contributed by atoms with E-state index in [0.717, 1.165) is 11.4 Å². The molecule has 84 valence electrons. The minimum atomic E-state index is 0.698. The Balaban J connectivity index is 2.56. The monoisotopic (exact) mass is 244 g/mol. The Morgan fingerprint density at radius 2 is 2.00 bits per heavy atom. The van der Waals surface area contributed by atoms with Gasteiger partial charge in [0.2, 0.25) is 0 Å². The molecular formula is C13H18Cl2. The molecule has 0 heterocycles. The molecule has 0 saturated heterocycles. The number of benzene rings is 1. The van der Waals surface area contributed by atoms with Gasteiger partial charge in [0.25, 0.3) is 0 Å². The van der Waals surface area contributed by atoms with Crippen LogP contribution in [-0.4, -0.2) is 0 Å². The Kier molecular flexibility index (Phi) is 5.49. The van der Waals surface area contributed by atoms with Crippen molar-refractivity contribution in [3.63, 3.8) is 0 Å². The zero-order chi connectivity index (χ0) is 11.3. The highest BCUT2D eigenvalue weighted by Crippen LogP contribution is 2.24. The van der Waals surface area contributed by atoms with Crippen LogP contribution in [0.3, 0.4) is 0 Å². The minimum absolute atomic E-state index is 0.698. The van der Waals surface area contributed by atoms with Gasteiger partial charge in [0.05, 0.1) is 0 Å².